The predicted molar refractivity (Wildman–Crippen MR) is 140 cm³/mol. The number of ether oxygens (including phenoxy) is 1. The number of aryl methyl sites for hydroxylation is 2. The molecule has 1 atom stereocenters. The fourth-order valence-corrected chi connectivity index (χ4v) is 4.41. The Labute approximate surface area is 211 Å². The lowest BCUT2D eigenvalue weighted by Gasteiger charge is -2.34. The van der Waals surface area contributed by atoms with Crippen LogP contribution in [-0.2, 0) is 11.3 Å². The highest BCUT2D eigenvalue weighted by molar-refractivity contribution is 14.0. The molecule has 2 aliphatic rings. The average molecular weight is 563 g/mol. The van der Waals surface area contributed by atoms with E-state index in [2.05, 4.69) is 44.3 Å². The number of likely N-dealkylation sites (tertiary alicyclic amines) is 1. The monoisotopic (exact) mass is 562 g/mol. The van der Waals surface area contributed by atoms with Crippen molar-refractivity contribution in [2.75, 3.05) is 59.5 Å². The molecule has 1 aromatic heterocycles. The minimum atomic E-state index is 0. The van der Waals surface area contributed by atoms with Crippen molar-refractivity contribution in [3.63, 3.8) is 0 Å². The number of aromatic nitrogens is 1. The molecule has 8 nitrogen and oxygen atoms in total. The van der Waals surface area contributed by atoms with Crippen molar-refractivity contribution in [2.24, 2.45) is 16.8 Å². The maximum Gasteiger partial charge on any atom is 0.208 e. The molecular weight excluding hydrogens is 519 g/mol. The van der Waals surface area contributed by atoms with Crippen LogP contribution in [0.15, 0.2) is 9.41 Å². The van der Waals surface area contributed by atoms with Gasteiger partial charge >= 0.3 is 0 Å². The summed E-state index contributed by atoms with van der Waals surface area (Å²) in [5.74, 6) is 4.00. The van der Waals surface area contributed by atoms with E-state index in [1.165, 1.54) is 12.8 Å². The zero-order chi connectivity index (χ0) is 22.2. The molecule has 0 radical (unpaired) electrons. The molecule has 2 N–H and O–H groups in total. The van der Waals surface area contributed by atoms with Gasteiger partial charge in [0.1, 0.15) is 5.76 Å². The number of morpholine rings is 1. The molecule has 0 spiro atoms. The molecule has 3 rings (SSSR count). The maximum atomic E-state index is 5.94. The lowest BCUT2D eigenvalue weighted by atomic mass is 9.97. The summed E-state index contributed by atoms with van der Waals surface area (Å²) >= 11 is 0. The summed E-state index contributed by atoms with van der Waals surface area (Å²) in [6, 6.07) is 0. The molecule has 9 heteroatoms. The minimum absolute atomic E-state index is 0. The van der Waals surface area contributed by atoms with E-state index in [4.69, 9.17) is 9.15 Å². The van der Waals surface area contributed by atoms with Gasteiger partial charge in [-0.2, -0.15) is 0 Å². The Morgan fingerprint density at radius 3 is 2.47 bits per heavy atom. The molecule has 2 saturated heterocycles. The highest BCUT2D eigenvalue weighted by Gasteiger charge is 2.23. The van der Waals surface area contributed by atoms with Gasteiger partial charge in [0.25, 0.3) is 0 Å². The topological polar surface area (TPSA) is 78.2 Å². The lowest BCUT2D eigenvalue weighted by molar-refractivity contribution is -0.0284. The van der Waals surface area contributed by atoms with Gasteiger partial charge in [0, 0.05) is 39.8 Å². The number of aliphatic imine (C=N–C) groups is 1. The summed E-state index contributed by atoms with van der Waals surface area (Å²) in [5, 5.41) is 6.98. The number of hydrogen-bond acceptors (Lipinski definition) is 6. The lowest BCUT2D eigenvalue weighted by Crippen LogP contribution is -2.50. The van der Waals surface area contributed by atoms with Gasteiger partial charge in [0.2, 0.25) is 5.89 Å². The van der Waals surface area contributed by atoms with Crippen LogP contribution in [0, 0.1) is 25.7 Å². The molecule has 3 heterocycles. The molecule has 2 fully saturated rings. The molecule has 2 aliphatic heterocycles. The Balaban J connectivity index is 0.00000363. The Bertz CT molecular complexity index is 683. The van der Waals surface area contributed by atoms with Gasteiger partial charge < -0.3 is 19.8 Å². The van der Waals surface area contributed by atoms with Crippen molar-refractivity contribution in [3.05, 3.63) is 17.3 Å². The van der Waals surface area contributed by atoms with Crippen LogP contribution in [0.25, 0.3) is 0 Å². The van der Waals surface area contributed by atoms with Gasteiger partial charge in [-0.15, -0.1) is 24.0 Å². The first-order valence-corrected chi connectivity index (χ1v) is 11.9. The number of halogens is 1. The van der Waals surface area contributed by atoms with E-state index in [1.807, 2.05) is 20.9 Å². The number of nitrogens with one attached hydrogen (secondary N) is 2. The summed E-state index contributed by atoms with van der Waals surface area (Å²) in [7, 11) is 1.84. The van der Waals surface area contributed by atoms with Crippen LogP contribution in [0.3, 0.4) is 0 Å². The molecule has 1 unspecified atom stereocenters. The van der Waals surface area contributed by atoms with Crippen LogP contribution in [0.2, 0.25) is 0 Å². The second-order valence-corrected chi connectivity index (χ2v) is 9.45. The van der Waals surface area contributed by atoms with Gasteiger partial charge in [-0.3, -0.25) is 14.8 Å². The zero-order valence-corrected chi connectivity index (χ0v) is 22.9. The van der Waals surface area contributed by atoms with Crippen LogP contribution >= 0.6 is 24.0 Å². The summed E-state index contributed by atoms with van der Waals surface area (Å²) in [5.41, 5.74) is 0.999. The fraction of sp³-hybridized carbons (Fsp3) is 0.826. The number of oxazole rings is 1. The predicted octanol–water partition coefficient (Wildman–Crippen LogP) is 2.64. The third-order valence-corrected chi connectivity index (χ3v) is 6.26. The van der Waals surface area contributed by atoms with Crippen molar-refractivity contribution in [3.8, 4) is 0 Å². The SMILES string of the molecule is CN=C(NCC1CCN(Cc2nc(C)c(C)o2)CC1)NCC1CN(CC(C)C)CCO1.I. The van der Waals surface area contributed by atoms with Gasteiger partial charge in [-0.1, -0.05) is 13.8 Å². The van der Waals surface area contributed by atoms with Crippen molar-refractivity contribution in [2.45, 2.75) is 53.2 Å². The van der Waals surface area contributed by atoms with E-state index in [-0.39, 0.29) is 30.1 Å². The highest BCUT2D eigenvalue weighted by atomic mass is 127. The number of guanidine groups is 1. The quantitative estimate of drug-likeness (QED) is 0.287. The number of rotatable bonds is 8. The van der Waals surface area contributed by atoms with E-state index >= 15 is 0 Å². The van der Waals surface area contributed by atoms with Gasteiger partial charge in [0.15, 0.2) is 5.96 Å². The van der Waals surface area contributed by atoms with Gasteiger partial charge in [-0.05, 0) is 51.6 Å². The Hall–Kier alpha value is -0.910. The first-order valence-electron chi connectivity index (χ1n) is 11.9. The largest absolute Gasteiger partial charge is 0.444 e. The second kappa shape index (κ2) is 13.7. The summed E-state index contributed by atoms with van der Waals surface area (Å²) in [6.45, 7) is 17.2. The van der Waals surface area contributed by atoms with Crippen LogP contribution in [0.4, 0.5) is 0 Å². The normalized spacial score (nSPS) is 21.6. The van der Waals surface area contributed by atoms with Crippen LogP contribution < -0.4 is 10.6 Å². The molecule has 0 aliphatic carbocycles. The van der Waals surface area contributed by atoms with E-state index in [9.17, 15) is 0 Å². The first kappa shape index (κ1) is 27.3. The molecule has 0 saturated carbocycles. The zero-order valence-electron chi connectivity index (χ0n) is 20.5. The highest BCUT2D eigenvalue weighted by Crippen LogP contribution is 2.19. The van der Waals surface area contributed by atoms with Crippen molar-refractivity contribution >= 4 is 29.9 Å². The van der Waals surface area contributed by atoms with Crippen LogP contribution in [0.5, 0.6) is 0 Å². The molecule has 32 heavy (non-hydrogen) atoms. The maximum absolute atomic E-state index is 5.94. The Kier molecular flexibility index (Phi) is 11.7. The van der Waals surface area contributed by atoms with Crippen molar-refractivity contribution in [1.82, 2.24) is 25.4 Å². The second-order valence-electron chi connectivity index (χ2n) is 9.45. The van der Waals surface area contributed by atoms with Gasteiger partial charge in [0.05, 0.1) is 24.9 Å². The van der Waals surface area contributed by atoms with E-state index in [0.717, 1.165) is 82.3 Å². The third kappa shape index (κ3) is 8.79. The number of hydrogen-bond donors (Lipinski definition) is 2. The van der Waals surface area contributed by atoms with Crippen LogP contribution in [0.1, 0.15) is 44.0 Å². The molecule has 1 aromatic rings. The third-order valence-electron chi connectivity index (χ3n) is 6.26. The van der Waals surface area contributed by atoms with Crippen molar-refractivity contribution < 1.29 is 9.15 Å². The average Bonchev–Trinajstić information content (AvgIpc) is 3.06. The van der Waals surface area contributed by atoms with E-state index in [1.54, 1.807) is 0 Å². The first-order chi connectivity index (χ1) is 14.9. The summed E-state index contributed by atoms with van der Waals surface area (Å²) < 4.78 is 11.7. The molecule has 0 amide bonds. The summed E-state index contributed by atoms with van der Waals surface area (Å²) in [4.78, 5) is 13.9. The molecule has 184 valence electrons. The number of nitrogens with zero attached hydrogens (tertiary/aromatic N) is 4. The minimum Gasteiger partial charge on any atom is -0.444 e. The summed E-state index contributed by atoms with van der Waals surface area (Å²) in [6.07, 6.45) is 2.58. The Morgan fingerprint density at radius 2 is 1.84 bits per heavy atom. The Morgan fingerprint density at radius 1 is 1.12 bits per heavy atom. The molecular formula is C23H43IN6O2. The van der Waals surface area contributed by atoms with E-state index < -0.39 is 0 Å². The number of piperidine rings is 1. The molecule has 0 bridgehead atoms. The standard InChI is InChI=1S/C23H42N6O2.HI/c1-17(2)14-29-10-11-30-21(15-29)13-26-23(24-5)25-12-20-6-8-28(9-7-20)16-22-27-18(3)19(4)31-22;/h17,20-21H,6-16H2,1-5H3,(H2,24,25,26);1H. The van der Waals surface area contributed by atoms with Crippen LogP contribution in [-0.4, -0.2) is 86.3 Å². The van der Waals surface area contributed by atoms with E-state index in [0.29, 0.717) is 11.8 Å². The smallest absolute Gasteiger partial charge is 0.208 e. The van der Waals surface area contributed by atoms with Gasteiger partial charge in [-0.25, -0.2) is 4.98 Å². The molecule has 0 aromatic carbocycles. The fourth-order valence-electron chi connectivity index (χ4n) is 4.41. The van der Waals surface area contributed by atoms with Crippen molar-refractivity contribution in [1.29, 1.82) is 0 Å².